The van der Waals surface area contributed by atoms with Gasteiger partial charge in [-0.1, -0.05) is 76.6 Å². The van der Waals surface area contributed by atoms with Crippen molar-refractivity contribution in [2.24, 2.45) is 0 Å². The number of esters is 1. The Balaban J connectivity index is 1.93. The molecule has 0 fully saturated rings. The predicted molar refractivity (Wildman–Crippen MR) is 99.2 cm³/mol. The van der Waals surface area contributed by atoms with E-state index in [9.17, 15) is 4.79 Å². The maximum Gasteiger partial charge on any atom is 0.323 e. The van der Waals surface area contributed by atoms with Crippen LogP contribution >= 0.6 is 15.9 Å². The molecule has 0 aromatic heterocycles. The van der Waals surface area contributed by atoms with Crippen LogP contribution in [-0.4, -0.2) is 5.97 Å². The largest absolute Gasteiger partial charge is 0.426 e. The third kappa shape index (κ3) is 3.74. The maximum atomic E-state index is 12.9. The summed E-state index contributed by atoms with van der Waals surface area (Å²) in [6.07, 6.45) is 0. The summed E-state index contributed by atoms with van der Waals surface area (Å²) in [7, 11) is 0. The zero-order valence-corrected chi connectivity index (χ0v) is 14.9. The van der Waals surface area contributed by atoms with Gasteiger partial charge in [0, 0.05) is 4.47 Å². The number of ether oxygens (including phenoxy) is 1. The number of hydrogen-bond donors (Lipinski definition) is 0. The topological polar surface area (TPSA) is 26.3 Å². The van der Waals surface area contributed by atoms with Crippen LogP contribution in [0.15, 0.2) is 83.3 Å². The highest BCUT2D eigenvalue weighted by molar-refractivity contribution is 9.10. The summed E-state index contributed by atoms with van der Waals surface area (Å²) in [5, 5.41) is 0. The van der Waals surface area contributed by atoms with Crippen molar-refractivity contribution < 1.29 is 9.53 Å². The number of rotatable bonds is 4. The summed E-state index contributed by atoms with van der Waals surface area (Å²) in [6.45, 7) is 1.97. The van der Waals surface area contributed by atoms with E-state index in [1.165, 1.54) is 0 Å². The molecule has 3 heteroatoms. The number of halogens is 1. The third-order valence-corrected chi connectivity index (χ3v) is 4.74. The minimum Gasteiger partial charge on any atom is -0.426 e. The van der Waals surface area contributed by atoms with Gasteiger partial charge >= 0.3 is 5.97 Å². The van der Waals surface area contributed by atoms with Gasteiger partial charge in [-0.05, 0) is 41.8 Å². The molecule has 0 atom stereocenters. The lowest BCUT2D eigenvalue weighted by molar-refractivity contribution is -0.135. The standard InChI is InChI=1S/C21H17BrO2/c1-15-14-18(12-13-19(15)22)24-21(23)20(16-8-4-2-5-9-16)17-10-6-3-7-11-17/h2-14,20H,1H3. The monoisotopic (exact) mass is 380 g/mol. The first-order chi connectivity index (χ1) is 11.6. The zero-order chi connectivity index (χ0) is 16.9. The fraction of sp³-hybridized carbons (Fsp3) is 0.0952. The van der Waals surface area contributed by atoms with Crippen molar-refractivity contribution in [1.29, 1.82) is 0 Å². The van der Waals surface area contributed by atoms with Gasteiger partial charge in [0.1, 0.15) is 11.7 Å². The molecular weight excluding hydrogens is 364 g/mol. The van der Waals surface area contributed by atoms with Gasteiger partial charge in [-0.15, -0.1) is 0 Å². The first-order valence-electron chi connectivity index (χ1n) is 7.73. The molecule has 0 heterocycles. The van der Waals surface area contributed by atoms with E-state index in [1.54, 1.807) is 6.07 Å². The first-order valence-corrected chi connectivity index (χ1v) is 8.52. The molecule has 0 unspecified atom stereocenters. The maximum absolute atomic E-state index is 12.9. The minimum atomic E-state index is -0.448. The molecule has 3 aromatic rings. The molecule has 3 aromatic carbocycles. The molecule has 0 N–H and O–H groups in total. The Morgan fingerprint density at radius 2 is 1.42 bits per heavy atom. The normalized spacial score (nSPS) is 10.6. The summed E-state index contributed by atoms with van der Waals surface area (Å²) >= 11 is 3.46. The molecule has 0 aliphatic heterocycles. The number of carbonyl (C=O) groups excluding carboxylic acids is 1. The van der Waals surface area contributed by atoms with E-state index in [2.05, 4.69) is 15.9 Å². The summed E-state index contributed by atoms with van der Waals surface area (Å²) < 4.78 is 6.65. The molecule has 0 aliphatic carbocycles. The van der Waals surface area contributed by atoms with Crippen LogP contribution in [0.5, 0.6) is 5.75 Å². The molecule has 0 saturated carbocycles. The molecule has 0 bridgehead atoms. The SMILES string of the molecule is Cc1cc(OC(=O)C(c2ccccc2)c2ccccc2)ccc1Br. The van der Waals surface area contributed by atoms with Crippen LogP contribution in [0, 0.1) is 6.92 Å². The fourth-order valence-corrected chi connectivity index (χ4v) is 2.86. The smallest absolute Gasteiger partial charge is 0.323 e. The van der Waals surface area contributed by atoms with Gasteiger partial charge in [0.2, 0.25) is 0 Å². The third-order valence-electron chi connectivity index (χ3n) is 3.85. The van der Waals surface area contributed by atoms with E-state index in [-0.39, 0.29) is 5.97 Å². The quantitative estimate of drug-likeness (QED) is 0.441. The second-order valence-electron chi connectivity index (χ2n) is 5.59. The molecular formula is C21H17BrO2. The summed E-state index contributed by atoms with van der Waals surface area (Å²) in [4.78, 5) is 12.9. The molecule has 2 nitrogen and oxygen atoms in total. The van der Waals surface area contributed by atoms with Crippen molar-refractivity contribution in [2.75, 3.05) is 0 Å². The predicted octanol–water partition coefficient (Wildman–Crippen LogP) is 5.50. The Hall–Kier alpha value is -2.39. The van der Waals surface area contributed by atoms with Gasteiger partial charge in [0.05, 0.1) is 0 Å². The average molecular weight is 381 g/mol. The van der Waals surface area contributed by atoms with Crippen molar-refractivity contribution in [3.8, 4) is 5.75 Å². The minimum absolute atomic E-state index is 0.283. The number of hydrogen-bond acceptors (Lipinski definition) is 2. The number of aryl methyl sites for hydroxylation is 1. The number of benzene rings is 3. The molecule has 0 radical (unpaired) electrons. The molecule has 0 saturated heterocycles. The lowest BCUT2D eigenvalue weighted by Crippen LogP contribution is -2.20. The van der Waals surface area contributed by atoms with Gasteiger partial charge in [-0.25, -0.2) is 0 Å². The summed E-state index contributed by atoms with van der Waals surface area (Å²) in [5.74, 6) is -0.178. The van der Waals surface area contributed by atoms with E-state index < -0.39 is 5.92 Å². The van der Waals surface area contributed by atoms with Gasteiger partial charge < -0.3 is 4.74 Å². The Bertz CT molecular complexity index is 789. The van der Waals surface area contributed by atoms with Crippen molar-refractivity contribution in [2.45, 2.75) is 12.8 Å². The van der Waals surface area contributed by atoms with Gasteiger partial charge in [0.15, 0.2) is 0 Å². The van der Waals surface area contributed by atoms with Gasteiger partial charge in [-0.3, -0.25) is 4.79 Å². The van der Waals surface area contributed by atoms with E-state index in [0.29, 0.717) is 5.75 Å². The lowest BCUT2D eigenvalue weighted by atomic mass is 9.91. The van der Waals surface area contributed by atoms with Crippen LogP contribution in [-0.2, 0) is 4.79 Å². The summed E-state index contributed by atoms with van der Waals surface area (Å²) in [5.41, 5.74) is 2.86. The Morgan fingerprint density at radius 1 is 0.875 bits per heavy atom. The van der Waals surface area contributed by atoms with Crippen molar-refractivity contribution in [1.82, 2.24) is 0 Å². The Kier molecular flexibility index (Phi) is 5.11. The van der Waals surface area contributed by atoms with Gasteiger partial charge in [-0.2, -0.15) is 0 Å². The molecule has 3 rings (SSSR count). The second kappa shape index (κ2) is 7.45. The van der Waals surface area contributed by atoms with Crippen LogP contribution in [0.3, 0.4) is 0 Å². The first kappa shape index (κ1) is 16.5. The van der Waals surface area contributed by atoms with Crippen LogP contribution in [0.1, 0.15) is 22.6 Å². The summed E-state index contributed by atoms with van der Waals surface area (Å²) in [6, 6.07) is 24.9. The molecule has 0 amide bonds. The molecule has 0 aliphatic rings. The van der Waals surface area contributed by atoms with E-state index >= 15 is 0 Å². The average Bonchev–Trinajstić information content (AvgIpc) is 2.60. The van der Waals surface area contributed by atoms with Crippen molar-refractivity contribution in [3.05, 3.63) is 100 Å². The zero-order valence-electron chi connectivity index (χ0n) is 13.3. The van der Waals surface area contributed by atoms with Gasteiger partial charge in [0.25, 0.3) is 0 Å². The Labute approximate surface area is 150 Å². The highest BCUT2D eigenvalue weighted by Crippen LogP contribution is 2.28. The van der Waals surface area contributed by atoms with E-state index in [0.717, 1.165) is 21.2 Å². The second-order valence-corrected chi connectivity index (χ2v) is 6.44. The number of carbonyl (C=O) groups is 1. The molecule has 24 heavy (non-hydrogen) atoms. The van der Waals surface area contributed by atoms with Crippen molar-refractivity contribution >= 4 is 21.9 Å². The lowest BCUT2D eigenvalue weighted by Gasteiger charge is -2.17. The van der Waals surface area contributed by atoms with Crippen LogP contribution < -0.4 is 4.74 Å². The highest BCUT2D eigenvalue weighted by Gasteiger charge is 2.24. The van der Waals surface area contributed by atoms with Crippen LogP contribution in [0.4, 0.5) is 0 Å². The highest BCUT2D eigenvalue weighted by atomic mass is 79.9. The van der Waals surface area contributed by atoms with Crippen LogP contribution in [0.2, 0.25) is 0 Å². The molecule has 0 spiro atoms. The molecule has 120 valence electrons. The van der Waals surface area contributed by atoms with E-state index in [4.69, 9.17) is 4.74 Å². The van der Waals surface area contributed by atoms with E-state index in [1.807, 2.05) is 79.7 Å². The van der Waals surface area contributed by atoms with Crippen LogP contribution in [0.25, 0.3) is 0 Å². The van der Waals surface area contributed by atoms with Crippen molar-refractivity contribution in [3.63, 3.8) is 0 Å². The fourth-order valence-electron chi connectivity index (χ4n) is 2.61. The Morgan fingerprint density at radius 3 is 1.92 bits per heavy atom.